The molecule has 140 valence electrons. The van der Waals surface area contributed by atoms with E-state index >= 15 is 0 Å². The van der Waals surface area contributed by atoms with Crippen LogP contribution in [0.15, 0.2) is 10.2 Å². The summed E-state index contributed by atoms with van der Waals surface area (Å²) in [5.41, 5.74) is -0.405. The highest BCUT2D eigenvalue weighted by molar-refractivity contribution is 5.76. The topological polar surface area (TPSA) is 82.9 Å². The largest absolute Gasteiger partial charge is 0.353 e. The van der Waals surface area contributed by atoms with Crippen LogP contribution < -0.4 is 10.6 Å². The minimum absolute atomic E-state index is 0.0192. The monoisotopic (exact) mass is 356 g/mol. The van der Waals surface area contributed by atoms with Crippen molar-refractivity contribution in [1.29, 1.82) is 0 Å². The van der Waals surface area contributed by atoms with Crippen LogP contribution in [0.5, 0.6) is 0 Å². The van der Waals surface area contributed by atoms with Crippen molar-refractivity contribution >= 4 is 11.8 Å². The van der Waals surface area contributed by atoms with Gasteiger partial charge in [-0.2, -0.15) is 10.2 Å². The van der Waals surface area contributed by atoms with Gasteiger partial charge in [-0.15, -0.1) is 12.3 Å². The Bertz CT molecular complexity index is 658. The van der Waals surface area contributed by atoms with E-state index < -0.39 is 0 Å². The van der Waals surface area contributed by atoms with Gasteiger partial charge in [0.25, 0.3) is 0 Å². The van der Waals surface area contributed by atoms with Crippen molar-refractivity contribution in [3.8, 4) is 12.3 Å². The summed E-state index contributed by atoms with van der Waals surface area (Å²) in [7, 11) is 0. The van der Waals surface area contributed by atoms with E-state index in [1.54, 1.807) is 6.92 Å². The summed E-state index contributed by atoms with van der Waals surface area (Å²) in [5.74, 6) is 4.47. The van der Waals surface area contributed by atoms with E-state index in [0.29, 0.717) is 37.0 Å². The average molecular weight is 356 g/mol. The van der Waals surface area contributed by atoms with Gasteiger partial charge in [-0.05, 0) is 49.9 Å². The fraction of sp³-hybridized carbons (Fsp3) is 0.800. The van der Waals surface area contributed by atoms with Gasteiger partial charge in [-0.25, -0.2) is 0 Å². The molecular weight excluding hydrogens is 328 g/mol. The summed E-state index contributed by atoms with van der Waals surface area (Å²) < 4.78 is 0. The molecule has 0 saturated heterocycles. The molecule has 4 fully saturated rings. The maximum absolute atomic E-state index is 12.5. The minimum atomic E-state index is -0.386. The van der Waals surface area contributed by atoms with Crippen molar-refractivity contribution in [1.82, 2.24) is 10.6 Å². The van der Waals surface area contributed by atoms with E-state index in [1.807, 2.05) is 0 Å². The summed E-state index contributed by atoms with van der Waals surface area (Å²) in [6.07, 6.45) is 13.3. The molecule has 1 heterocycles. The number of carbonyl (C=O) groups is 2. The van der Waals surface area contributed by atoms with Gasteiger partial charge in [0.2, 0.25) is 11.8 Å². The second-order valence-electron chi connectivity index (χ2n) is 8.91. The van der Waals surface area contributed by atoms with Crippen LogP contribution in [0, 0.1) is 30.1 Å². The third kappa shape index (κ3) is 3.36. The van der Waals surface area contributed by atoms with Crippen molar-refractivity contribution in [3.05, 3.63) is 0 Å². The first-order valence-corrected chi connectivity index (χ1v) is 9.88. The molecule has 4 aliphatic carbocycles. The molecule has 0 spiro atoms. The molecule has 0 radical (unpaired) electrons. The van der Waals surface area contributed by atoms with Gasteiger partial charge in [0, 0.05) is 44.2 Å². The first kappa shape index (κ1) is 17.5. The fourth-order valence-electron chi connectivity index (χ4n) is 6.03. The second kappa shape index (κ2) is 6.37. The highest BCUT2D eigenvalue weighted by Crippen LogP contribution is 2.55. The molecule has 5 aliphatic rings. The zero-order chi connectivity index (χ0) is 18.4. The molecule has 0 aromatic carbocycles. The van der Waals surface area contributed by atoms with Crippen LogP contribution in [0.4, 0.5) is 0 Å². The van der Waals surface area contributed by atoms with Gasteiger partial charge in [0.05, 0.1) is 0 Å². The zero-order valence-electron chi connectivity index (χ0n) is 15.5. The Hall–Kier alpha value is -1.90. The molecule has 4 bridgehead atoms. The fourth-order valence-corrected chi connectivity index (χ4v) is 6.03. The van der Waals surface area contributed by atoms with Gasteiger partial charge in [-0.1, -0.05) is 0 Å². The maximum atomic E-state index is 12.5. The number of terminal acetylenes is 1. The van der Waals surface area contributed by atoms with Crippen LogP contribution in [-0.4, -0.2) is 29.1 Å². The lowest BCUT2D eigenvalue weighted by Crippen LogP contribution is -2.66. The first-order valence-electron chi connectivity index (χ1n) is 9.88. The van der Waals surface area contributed by atoms with Crippen LogP contribution in [0.3, 0.4) is 0 Å². The lowest BCUT2D eigenvalue weighted by Gasteiger charge is -2.60. The Morgan fingerprint density at radius 2 is 1.85 bits per heavy atom. The Kier molecular flexibility index (Phi) is 4.29. The van der Waals surface area contributed by atoms with Gasteiger partial charge in [0.1, 0.15) is 0 Å². The van der Waals surface area contributed by atoms with E-state index in [-0.39, 0.29) is 29.1 Å². The zero-order valence-corrected chi connectivity index (χ0v) is 15.5. The molecule has 26 heavy (non-hydrogen) atoms. The van der Waals surface area contributed by atoms with Gasteiger partial charge < -0.3 is 10.6 Å². The number of hydrogen-bond acceptors (Lipinski definition) is 4. The van der Waals surface area contributed by atoms with E-state index in [1.165, 1.54) is 12.8 Å². The van der Waals surface area contributed by atoms with Gasteiger partial charge >= 0.3 is 0 Å². The van der Waals surface area contributed by atoms with E-state index in [9.17, 15) is 9.59 Å². The molecule has 0 aromatic rings. The number of rotatable bonds is 7. The Labute approximate surface area is 155 Å². The Morgan fingerprint density at radius 1 is 1.15 bits per heavy atom. The molecule has 2 atom stereocenters. The van der Waals surface area contributed by atoms with Gasteiger partial charge in [0.15, 0.2) is 5.66 Å². The number of nitrogens with zero attached hydrogens (tertiary/aromatic N) is 2. The molecule has 1 aliphatic heterocycles. The molecule has 6 heteroatoms. The highest BCUT2D eigenvalue weighted by Gasteiger charge is 2.56. The lowest BCUT2D eigenvalue weighted by atomic mass is 9.51. The smallest absolute Gasteiger partial charge is 0.220 e. The van der Waals surface area contributed by atoms with Crippen LogP contribution in [0.2, 0.25) is 0 Å². The summed E-state index contributed by atoms with van der Waals surface area (Å²) in [5, 5.41) is 14.8. The van der Waals surface area contributed by atoms with Crippen molar-refractivity contribution in [2.45, 2.75) is 82.0 Å². The molecule has 6 nitrogen and oxygen atoms in total. The Balaban J connectivity index is 1.32. The number of nitrogens with one attached hydrogen (secondary N) is 2. The molecule has 5 rings (SSSR count). The van der Waals surface area contributed by atoms with Gasteiger partial charge in [-0.3, -0.25) is 9.59 Å². The predicted octanol–water partition coefficient (Wildman–Crippen LogP) is 2.54. The Morgan fingerprint density at radius 3 is 2.42 bits per heavy atom. The van der Waals surface area contributed by atoms with Crippen LogP contribution in [0.1, 0.15) is 64.7 Å². The normalized spacial score (nSPS) is 37.8. The highest BCUT2D eigenvalue weighted by atomic mass is 16.2. The summed E-state index contributed by atoms with van der Waals surface area (Å²) >= 11 is 0. The minimum Gasteiger partial charge on any atom is -0.353 e. The van der Waals surface area contributed by atoms with Crippen LogP contribution in [0.25, 0.3) is 0 Å². The number of carbonyl (C=O) groups excluding carboxylic acids is 2. The molecule has 2 N–H and O–H groups in total. The maximum Gasteiger partial charge on any atom is 0.220 e. The summed E-state index contributed by atoms with van der Waals surface area (Å²) in [6.45, 7) is 1.61. The van der Waals surface area contributed by atoms with Crippen LogP contribution >= 0.6 is 0 Å². The third-order valence-electron chi connectivity index (χ3n) is 6.85. The first-order chi connectivity index (χ1) is 12.4. The quantitative estimate of drug-likeness (QED) is 0.687. The number of hydrogen-bond donors (Lipinski definition) is 2. The SMILES string of the molecule is C#CCCC1(CCC(=O)NC2C3CC4CC2CC(NC(C)=O)(C4)C3)N=N1. The molecule has 2 unspecified atom stereocenters. The number of amides is 2. The summed E-state index contributed by atoms with van der Waals surface area (Å²) in [6, 6.07) is 0.260. The molecule has 4 saturated carbocycles. The standard InChI is InChI=1S/C20H28N4O2/c1-3-4-6-20(23-24-20)7-5-17(26)21-18-15-8-14-9-16(18)12-19(10-14,11-15)22-13(2)25/h1,14-16,18H,4-12H2,2H3,(H,21,26)(H,22,25). The van der Waals surface area contributed by atoms with E-state index in [4.69, 9.17) is 6.42 Å². The van der Waals surface area contributed by atoms with Crippen molar-refractivity contribution < 1.29 is 9.59 Å². The molecular formula is C20H28N4O2. The third-order valence-corrected chi connectivity index (χ3v) is 6.85. The second-order valence-corrected chi connectivity index (χ2v) is 8.91. The van der Waals surface area contributed by atoms with Crippen molar-refractivity contribution in [2.24, 2.45) is 28.0 Å². The average Bonchev–Trinajstić information content (AvgIpc) is 3.33. The van der Waals surface area contributed by atoms with Crippen molar-refractivity contribution in [3.63, 3.8) is 0 Å². The van der Waals surface area contributed by atoms with E-state index in [2.05, 4.69) is 26.8 Å². The summed E-state index contributed by atoms with van der Waals surface area (Å²) in [4.78, 5) is 24.2. The lowest BCUT2D eigenvalue weighted by molar-refractivity contribution is -0.131. The van der Waals surface area contributed by atoms with Crippen molar-refractivity contribution in [2.75, 3.05) is 0 Å². The van der Waals surface area contributed by atoms with Crippen LogP contribution in [-0.2, 0) is 9.59 Å². The van der Waals surface area contributed by atoms with E-state index in [0.717, 1.165) is 25.7 Å². The molecule has 2 amide bonds. The molecule has 0 aromatic heterocycles. The predicted molar refractivity (Wildman–Crippen MR) is 96.9 cm³/mol.